The highest BCUT2D eigenvalue weighted by Gasteiger charge is 2.22. The van der Waals surface area contributed by atoms with Gasteiger partial charge in [-0.05, 0) is 45.3 Å². The Morgan fingerprint density at radius 3 is 2.75 bits per heavy atom. The summed E-state index contributed by atoms with van der Waals surface area (Å²) < 4.78 is 6.02. The quantitative estimate of drug-likeness (QED) is 0.619. The zero-order valence-electron chi connectivity index (χ0n) is 13.9. The maximum atomic E-state index is 11.1. The minimum atomic E-state index is -0.366. The SMILES string of the molecule is CN(C)CCCN1Cc2cc([N+](=O)[O-])ccc2Oc2ccccc21. The van der Waals surface area contributed by atoms with E-state index in [0.717, 1.165) is 36.5 Å². The number of ether oxygens (including phenoxy) is 1. The fourth-order valence-corrected chi connectivity index (χ4v) is 2.89. The average Bonchev–Trinajstić information content (AvgIpc) is 2.70. The number of nitro groups is 1. The first-order chi connectivity index (χ1) is 11.5. The minimum absolute atomic E-state index is 0.0940. The Kier molecular flexibility index (Phi) is 4.66. The molecular weight excluding hydrogens is 306 g/mol. The smallest absolute Gasteiger partial charge is 0.270 e. The summed E-state index contributed by atoms with van der Waals surface area (Å²) in [5.74, 6) is 1.47. The molecule has 0 aromatic heterocycles. The lowest BCUT2D eigenvalue weighted by Crippen LogP contribution is -2.26. The van der Waals surface area contributed by atoms with Gasteiger partial charge in [0, 0.05) is 30.8 Å². The second-order valence-corrected chi connectivity index (χ2v) is 6.20. The molecule has 0 bridgehead atoms. The maximum absolute atomic E-state index is 11.1. The zero-order chi connectivity index (χ0) is 17.1. The molecule has 1 heterocycles. The number of nitrogens with zero attached hydrogens (tertiary/aromatic N) is 3. The molecule has 1 aliphatic heterocycles. The summed E-state index contributed by atoms with van der Waals surface area (Å²) in [6, 6.07) is 12.7. The summed E-state index contributed by atoms with van der Waals surface area (Å²) >= 11 is 0. The lowest BCUT2D eigenvalue weighted by molar-refractivity contribution is -0.384. The monoisotopic (exact) mass is 327 g/mol. The molecule has 126 valence electrons. The Morgan fingerprint density at radius 1 is 1.21 bits per heavy atom. The van der Waals surface area contributed by atoms with Gasteiger partial charge >= 0.3 is 0 Å². The number of non-ortho nitro benzene ring substituents is 1. The molecular formula is C18H21N3O3. The van der Waals surface area contributed by atoms with Crippen molar-refractivity contribution in [2.24, 2.45) is 0 Å². The van der Waals surface area contributed by atoms with Crippen LogP contribution in [0.2, 0.25) is 0 Å². The fraction of sp³-hybridized carbons (Fsp3) is 0.333. The third-order valence-corrected chi connectivity index (χ3v) is 4.08. The standard InChI is InChI=1S/C18H21N3O3/c1-19(2)10-5-11-20-13-14-12-15(21(22)23)8-9-17(14)24-18-7-4-3-6-16(18)20/h3-4,6-9,12H,5,10-11,13H2,1-2H3. The van der Waals surface area contributed by atoms with E-state index in [0.29, 0.717) is 12.3 Å². The van der Waals surface area contributed by atoms with E-state index in [9.17, 15) is 10.1 Å². The van der Waals surface area contributed by atoms with Gasteiger partial charge in [0.15, 0.2) is 5.75 Å². The molecule has 0 saturated carbocycles. The molecule has 0 fully saturated rings. The topological polar surface area (TPSA) is 58.9 Å². The van der Waals surface area contributed by atoms with Crippen LogP contribution in [0, 0.1) is 10.1 Å². The number of benzene rings is 2. The molecule has 0 atom stereocenters. The number of para-hydroxylation sites is 2. The molecule has 3 rings (SSSR count). The average molecular weight is 327 g/mol. The number of rotatable bonds is 5. The molecule has 0 amide bonds. The van der Waals surface area contributed by atoms with Gasteiger partial charge in [-0.1, -0.05) is 12.1 Å². The molecule has 0 unspecified atom stereocenters. The summed E-state index contributed by atoms with van der Waals surface area (Å²) in [5, 5.41) is 11.1. The van der Waals surface area contributed by atoms with Crippen LogP contribution < -0.4 is 9.64 Å². The van der Waals surface area contributed by atoms with Gasteiger partial charge in [0.25, 0.3) is 5.69 Å². The van der Waals surface area contributed by atoms with E-state index < -0.39 is 0 Å². The van der Waals surface area contributed by atoms with Crippen LogP contribution in [0.5, 0.6) is 11.5 Å². The zero-order valence-corrected chi connectivity index (χ0v) is 13.9. The summed E-state index contributed by atoms with van der Waals surface area (Å²) in [6.07, 6.45) is 1.01. The van der Waals surface area contributed by atoms with Crippen LogP contribution >= 0.6 is 0 Å². The van der Waals surface area contributed by atoms with E-state index in [1.54, 1.807) is 12.1 Å². The van der Waals surface area contributed by atoms with Crippen molar-refractivity contribution in [2.45, 2.75) is 13.0 Å². The van der Waals surface area contributed by atoms with Crippen LogP contribution in [0.4, 0.5) is 11.4 Å². The van der Waals surface area contributed by atoms with Gasteiger partial charge in [-0.2, -0.15) is 0 Å². The lowest BCUT2D eigenvalue weighted by Gasteiger charge is -2.24. The van der Waals surface area contributed by atoms with Crippen LogP contribution in [-0.2, 0) is 6.54 Å². The highest BCUT2D eigenvalue weighted by Crippen LogP contribution is 2.39. The predicted octanol–water partition coefficient (Wildman–Crippen LogP) is 3.66. The number of nitro benzene ring substituents is 1. The summed E-state index contributed by atoms with van der Waals surface area (Å²) in [7, 11) is 4.11. The second kappa shape index (κ2) is 6.88. The molecule has 0 spiro atoms. The van der Waals surface area contributed by atoms with Crippen LogP contribution in [0.15, 0.2) is 42.5 Å². The minimum Gasteiger partial charge on any atom is -0.455 e. The number of fused-ring (bicyclic) bond motifs is 2. The van der Waals surface area contributed by atoms with E-state index in [1.807, 2.05) is 24.3 Å². The molecule has 0 saturated heterocycles. The van der Waals surface area contributed by atoms with Gasteiger partial charge in [-0.3, -0.25) is 10.1 Å². The Bertz CT molecular complexity index is 746. The van der Waals surface area contributed by atoms with Crippen molar-refractivity contribution in [3.05, 3.63) is 58.1 Å². The molecule has 6 nitrogen and oxygen atoms in total. The number of hydrogen-bond donors (Lipinski definition) is 0. The van der Waals surface area contributed by atoms with Crippen molar-refractivity contribution >= 4 is 11.4 Å². The molecule has 6 heteroatoms. The fourth-order valence-electron chi connectivity index (χ4n) is 2.89. The molecule has 24 heavy (non-hydrogen) atoms. The molecule has 0 aliphatic carbocycles. The number of hydrogen-bond acceptors (Lipinski definition) is 5. The van der Waals surface area contributed by atoms with Gasteiger partial charge in [0.1, 0.15) is 5.75 Å². The maximum Gasteiger partial charge on any atom is 0.270 e. The van der Waals surface area contributed by atoms with Crippen LogP contribution in [0.3, 0.4) is 0 Å². The van der Waals surface area contributed by atoms with Crippen molar-refractivity contribution in [3.8, 4) is 11.5 Å². The third kappa shape index (κ3) is 3.49. The summed E-state index contributed by atoms with van der Waals surface area (Å²) in [5.41, 5.74) is 1.96. The van der Waals surface area contributed by atoms with E-state index in [-0.39, 0.29) is 10.6 Å². The van der Waals surface area contributed by atoms with E-state index in [1.165, 1.54) is 6.07 Å². The van der Waals surface area contributed by atoms with Crippen molar-refractivity contribution in [1.82, 2.24) is 4.90 Å². The first kappa shape index (κ1) is 16.3. The second-order valence-electron chi connectivity index (χ2n) is 6.20. The highest BCUT2D eigenvalue weighted by molar-refractivity contribution is 5.63. The van der Waals surface area contributed by atoms with E-state index in [4.69, 9.17) is 4.74 Å². The van der Waals surface area contributed by atoms with Crippen molar-refractivity contribution in [1.29, 1.82) is 0 Å². The first-order valence-corrected chi connectivity index (χ1v) is 7.98. The van der Waals surface area contributed by atoms with Crippen molar-refractivity contribution < 1.29 is 9.66 Å². The summed E-state index contributed by atoms with van der Waals surface area (Å²) in [4.78, 5) is 15.1. The molecule has 0 radical (unpaired) electrons. The third-order valence-electron chi connectivity index (χ3n) is 4.08. The molecule has 2 aromatic carbocycles. The van der Waals surface area contributed by atoms with Gasteiger partial charge in [0.05, 0.1) is 10.6 Å². The molecule has 1 aliphatic rings. The summed E-state index contributed by atoms with van der Waals surface area (Å²) in [6.45, 7) is 2.45. The van der Waals surface area contributed by atoms with Gasteiger partial charge < -0.3 is 14.5 Å². The lowest BCUT2D eigenvalue weighted by atomic mass is 10.1. The first-order valence-electron chi connectivity index (χ1n) is 7.98. The van der Waals surface area contributed by atoms with Crippen LogP contribution in [0.1, 0.15) is 12.0 Å². The Balaban J connectivity index is 1.93. The van der Waals surface area contributed by atoms with Crippen LogP contribution in [0.25, 0.3) is 0 Å². The highest BCUT2D eigenvalue weighted by atomic mass is 16.6. The Hall–Kier alpha value is -2.60. The van der Waals surface area contributed by atoms with Crippen molar-refractivity contribution in [3.63, 3.8) is 0 Å². The predicted molar refractivity (Wildman–Crippen MR) is 93.8 cm³/mol. The normalized spacial score (nSPS) is 13.0. The van der Waals surface area contributed by atoms with E-state index in [2.05, 4.69) is 23.9 Å². The van der Waals surface area contributed by atoms with Crippen LogP contribution in [-0.4, -0.2) is 37.0 Å². The Labute approximate surface area is 141 Å². The Morgan fingerprint density at radius 2 is 2.00 bits per heavy atom. The molecule has 0 N–H and O–H groups in total. The van der Waals surface area contributed by atoms with Gasteiger partial charge in [-0.25, -0.2) is 0 Å². The largest absolute Gasteiger partial charge is 0.455 e. The van der Waals surface area contributed by atoms with Crippen molar-refractivity contribution in [2.75, 3.05) is 32.1 Å². The van der Waals surface area contributed by atoms with E-state index >= 15 is 0 Å². The molecule has 2 aromatic rings. The number of anilines is 1. The van der Waals surface area contributed by atoms with Gasteiger partial charge in [-0.15, -0.1) is 0 Å². The van der Waals surface area contributed by atoms with Gasteiger partial charge in [0.2, 0.25) is 0 Å².